The first-order valence-corrected chi connectivity index (χ1v) is 9.18. The number of benzene rings is 1. The standard InChI is InChI=1S/C17H25NO2S/c1-3-4-6-15-7-5-8-16(15)13-18-21(19,20)17-11-9-14(2)10-12-17/h3,9-12,15-16,18H,1,4-8,13H2,2H3. The zero-order valence-electron chi connectivity index (χ0n) is 12.7. The van der Waals surface area contributed by atoms with Gasteiger partial charge in [0.05, 0.1) is 4.90 Å². The second-order valence-electron chi connectivity index (χ2n) is 5.98. The summed E-state index contributed by atoms with van der Waals surface area (Å²) in [7, 11) is -3.38. The van der Waals surface area contributed by atoms with E-state index in [1.54, 1.807) is 12.1 Å². The Morgan fingerprint density at radius 1 is 1.24 bits per heavy atom. The fourth-order valence-electron chi connectivity index (χ4n) is 3.11. The van der Waals surface area contributed by atoms with Crippen molar-refractivity contribution >= 4 is 10.0 Å². The predicted octanol–water partition coefficient (Wildman–Crippen LogP) is 3.66. The molecule has 0 aliphatic heterocycles. The van der Waals surface area contributed by atoms with Crippen molar-refractivity contribution in [1.29, 1.82) is 0 Å². The van der Waals surface area contributed by atoms with Crippen molar-refractivity contribution in [2.45, 2.75) is 43.9 Å². The molecule has 0 heterocycles. The third-order valence-electron chi connectivity index (χ3n) is 4.42. The molecule has 2 atom stereocenters. The molecule has 0 amide bonds. The Morgan fingerprint density at radius 2 is 1.90 bits per heavy atom. The molecule has 1 N–H and O–H groups in total. The van der Waals surface area contributed by atoms with Gasteiger partial charge >= 0.3 is 0 Å². The molecule has 0 aromatic heterocycles. The summed E-state index contributed by atoms with van der Waals surface area (Å²) in [6.07, 6.45) is 7.64. The largest absolute Gasteiger partial charge is 0.240 e. The van der Waals surface area contributed by atoms with Gasteiger partial charge in [0, 0.05) is 6.54 Å². The molecule has 2 rings (SSSR count). The van der Waals surface area contributed by atoms with E-state index in [0.29, 0.717) is 23.3 Å². The normalized spacial score (nSPS) is 22.3. The van der Waals surface area contributed by atoms with Gasteiger partial charge in [-0.3, -0.25) is 0 Å². The summed E-state index contributed by atoms with van der Waals surface area (Å²) < 4.78 is 27.4. The number of aryl methyl sites for hydroxylation is 1. The number of allylic oxidation sites excluding steroid dienone is 1. The number of rotatable bonds is 7. The van der Waals surface area contributed by atoms with E-state index < -0.39 is 10.0 Å². The molecule has 2 unspecified atom stereocenters. The van der Waals surface area contributed by atoms with Gasteiger partial charge in [-0.2, -0.15) is 0 Å². The van der Waals surface area contributed by atoms with E-state index in [-0.39, 0.29) is 0 Å². The van der Waals surface area contributed by atoms with Gasteiger partial charge in [-0.15, -0.1) is 6.58 Å². The third kappa shape index (κ3) is 4.42. The topological polar surface area (TPSA) is 46.2 Å². The quantitative estimate of drug-likeness (QED) is 0.781. The second-order valence-corrected chi connectivity index (χ2v) is 7.75. The fourth-order valence-corrected chi connectivity index (χ4v) is 4.21. The minimum absolute atomic E-state index is 0.355. The molecule has 0 spiro atoms. The molecule has 3 nitrogen and oxygen atoms in total. The Kier molecular flexibility index (Phi) is 5.59. The van der Waals surface area contributed by atoms with Crippen LogP contribution in [0.2, 0.25) is 0 Å². The first-order valence-electron chi connectivity index (χ1n) is 7.70. The lowest BCUT2D eigenvalue weighted by Crippen LogP contribution is -2.30. The van der Waals surface area contributed by atoms with Crippen LogP contribution in [0.1, 0.15) is 37.7 Å². The van der Waals surface area contributed by atoms with Gasteiger partial charge in [-0.05, 0) is 50.2 Å². The fraction of sp³-hybridized carbons (Fsp3) is 0.529. The highest BCUT2D eigenvalue weighted by Gasteiger charge is 2.27. The van der Waals surface area contributed by atoms with E-state index in [1.165, 1.54) is 12.8 Å². The lowest BCUT2D eigenvalue weighted by molar-refractivity contribution is 0.365. The van der Waals surface area contributed by atoms with Crippen LogP contribution in [0.15, 0.2) is 41.8 Å². The van der Waals surface area contributed by atoms with E-state index >= 15 is 0 Å². The van der Waals surface area contributed by atoms with Gasteiger partial charge in [-0.1, -0.05) is 36.6 Å². The van der Waals surface area contributed by atoms with Crippen LogP contribution in [0.4, 0.5) is 0 Å². The molecule has 0 saturated heterocycles. The van der Waals surface area contributed by atoms with Crippen LogP contribution in [-0.2, 0) is 10.0 Å². The van der Waals surface area contributed by atoms with Crippen molar-refractivity contribution in [3.8, 4) is 0 Å². The summed E-state index contributed by atoms with van der Waals surface area (Å²) in [5, 5.41) is 0. The highest BCUT2D eigenvalue weighted by Crippen LogP contribution is 2.34. The molecule has 1 saturated carbocycles. The highest BCUT2D eigenvalue weighted by molar-refractivity contribution is 7.89. The zero-order valence-corrected chi connectivity index (χ0v) is 13.5. The zero-order chi connectivity index (χ0) is 15.3. The van der Waals surface area contributed by atoms with Crippen molar-refractivity contribution in [3.05, 3.63) is 42.5 Å². The molecule has 1 aromatic rings. The Labute approximate surface area is 128 Å². The SMILES string of the molecule is C=CCCC1CCCC1CNS(=O)(=O)c1ccc(C)cc1. The lowest BCUT2D eigenvalue weighted by Gasteiger charge is -2.19. The Bertz CT molecular complexity index is 563. The van der Waals surface area contributed by atoms with E-state index in [4.69, 9.17) is 0 Å². The van der Waals surface area contributed by atoms with Crippen LogP contribution in [0.5, 0.6) is 0 Å². The molecule has 4 heteroatoms. The van der Waals surface area contributed by atoms with E-state index in [0.717, 1.165) is 24.8 Å². The molecule has 1 aromatic carbocycles. The average Bonchev–Trinajstić information content (AvgIpc) is 2.91. The average molecular weight is 307 g/mol. The molecule has 1 aliphatic rings. The summed E-state index contributed by atoms with van der Waals surface area (Å²) in [6.45, 7) is 6.27. The minimum Gasteiger partial charge on any atom is -0.211 e. The first kappa shape index (κ1) is 16.2. The van der Waals surface area contributed by atoms with Crippen LogP contribution in [0, 0.1) is 18.8 Å². The number of nitrogens with one attached hydrogen (secondary N) is 1. The van der Waals surface area contributed by atoms with E-state index in [2.05, 4.69) is 11.3 Å². The summed E-state index contributed by atoms with van der Waals surface area (Å²) in [4.78, 5) is 0.355. The Morgan fingerprint density at radius 3 is 2.57 bits per heavy atom. The molecule has 1 fully saturated rings. The number of sulfonamides is 1. The molecule has 1 aliphatic carbocycles. The maximum absolute atomic E-state index is 12.3. The van der Waals surface area contributed by atoms with Gasteiger partial charge < -0.3 is 0 Å². The van der Waals surface area contributed by atoms with Gasteiger partial charge in [0.15, 0.2) is 0 Å². The molecular formula is C17H25NO2S. The van der Waals surface area contributed by atoms with Crippen molar-refractivity contribution in [3.63, 3.8) is 0 Å². The number of hydrogen-bond donors (Lipinski definition) is 1. The molecule has 21 heavy (non-hydrogen) atoms. The van der Waals surface area contributed by atoms with Crippen molar-refractivity contribution in [1.82, 2.24) is 4.72 Å². The molecule has 0 radical (unpaired) electrons. The first-order chi connectivity index (χ1) is 10.0. The molecular weight excluding hydrogens is 282 g/mol. The maximum atomic E-state index is 12.3. The van der Waals surface area contributed by atoms with Gasteiger partial charge in [0.2, 0.25) is 10.0 Å². The smallest absolute Gasteiger partial charge is 0.211 e. The predicted molar refractivity (Wildman–Crippen MR) is 86.6 cm³/mol. The van der Waals surface area contributed by atoms with Crippen LogP contribution < -0.4 is 4.72 Å². The van der Waals surface area contributed by atoms with Crippen LogP contribution in [0.25, 0.3) is 0 Å². The second kappa shape index (κ2) is 7.23. The third-order valence-corrected chi connectivity index (χ3v) is 5.86. The van der Waals surface area contributed by atoms with E-state index in [9.17, 15) is 8.42 Å². The summed E-state index contributed by atoms with van der Waals surface area (Å²) in [6, 6.07) is 7.00. The summed E-state index contributed by atoms with van der Waals surface area (Å²) in [5.41, 5.74) is 1.06. The van der Waals surface area contributed by atoms with E-state index in [1.807, 2.05) is 25.1 Å². The lowest BCUT2D eigenvalue weighted by atomic mass is 9.92. The maximum Gasteiger partial charge on any atom is 0.240 e. The van der Waals surface area contributed by atoms with Crippen molar-refractivity contribution in [2.24, 2.45) is 11.8 Å². The van der Waals surface area contributed by atoms with Gasteiger partial charge in [0.25, 0.3) is 0 Å². The van der Waals surface area contributed by atoms with Crippen molar-refractivity contribution < 1.29 is 8.42 Å². The Hall–Kier alpha value is -1.13. The number of hydrogen-bond acceptors (Lipinski definition) is 2. The molecule has 116 valence electrons. The van der Waals surface area contributed by atoms with Crippen LogP contribution >= 0.6 is 0 Å². The minimum atomic E-state index is -3.38. The molecule has 0 bridgehead atoms. The highest BCUT2D eigenvalue weighted by atomic mass is 32.2. The monoisotopic (exact) mass is 307 g/mol. The van der Waals surface area contributed by atoms with Gasteiger partial charge in [0.1, 0.15) is 0 Å². The van der Waals surface area contributed by atoms with Crippen molar-refractivity contribution in [2.75, 3.05) is 6.54 Å². The van der Waals surface area contributed by atoms with Gasteiger partial charge in [-0.25, -0.2) is 13.1 Å². The Balaban J connectivity index is 1.94. The summed E-state index contributed by atoms with van der Waals surface area (Å²) in [5.74, 6) is 1.09. The van der Waals surface area contributed by atoms with Crippen LogP contribution in [-0.4, -0.2) is 15.0 Å². The van der Waals surface area contributed by atoms with Crippen LogP contribution in [0.3, 0.4) is 0 Å². The summed E-state index contributed by atoms with van der Waals surface area (Å²) >= 11 is 0.